The van der Waals surface area contributed by atoms with Crippen LogP contribution in [0.25, 0.3) is 11.5 Å². The fourth-order valence-electron chi connectivity index (χ4n) is 1.52. The van der Waals surface area contributed by atoms with Gasteiger partial charge in [0.2, 0.25) is 0 Å². The molecule has 1 unspecified atom stereocenters. The van der Waals surface area contributed by atoms with Crippen LogP contribution in [0.5, 0.6) is 5.75 Å². The predicted octanol–water partition coefficient (Wildman–Crippen LogP) is 3.26. The maximum absolute atomic E-state index is 9.46. The van der Waals surface area contributed by atoms with Gasteiger partial charge in [-0.1, -0.05) is 19.0 Å². The van der Waals surface area contributed by atoms with Crippen LogP contribution in [-0.2, 0) is 0 Å². The van der Waals surface area contributed by atoms with Gasteiger partial charge in [-0.15, -0.1) is 0 Å². The molecule has 1 aromatic heterocycles. The van der Waals surface area contributed by atoms with Crippen molar-refractivity contribution in [1.29, 1.82) is 0 Å². The van der Waals surface area contributed by atoms with Gasteiger partial charge in [0.15, 0.2) is 5.82 Å². The summed E-state index contributed by atoms with van der Waals surface area (Å²) in [7, 11) is 0. The van der Waals surface area contributed by atoms with Crippen molar-refractivity contribution >= 4 is 0 Å². The molecule has 0 aliphatic rings. The van der Waals surface area contributed by atoms with E-state index in [0.29, 0.717) is 11.8 Å². The molecule has 0 radical (unpaired) electrons. The first-order valence-electron chi connectivity index (χ1n) is 5.75. The Hall–Kier alpha value is -1.84. The molecule has 1 aromatic carbocycles. The van der Waals surface area contributed by atoms with Gasteiger partial charge in [-0.05, 0) is 37.1 Å². The van der Waals surface area contributed by atoms with E-state index in [-0.39, 0.29) is 5.75 Å². The molecule has 1 atom stereocenters. The number of phenolic OH excluding ortho intramolecular Hbond substituents is 1. The van der Waals surface area contributed by atoms with Crippen molar-refractivity contribution in [3.8, 4) is 17.2 Å². The highest BCUT2D eigenvalue weighted by atomic mass is 16.5. The Morgan fingerprint density at radius 3 is 2.82 bits per heavy atom. The molecule has 0 saturated carbocycles. The molecule has 2 aromatic rings. The van der Waals surface area contributed by atoms with E-state index in [1.54, 1.807) is 12.1 Å². The third-order valence-electron chi connectivity index (χ3n) is 2.94. The zero-order chi connectivity index (χ0) is 12.4. The number of benzene rings is 1. The number of aromatic hydroxyl groups is 1. The quantitative estimate of drug-likeness (QED) is 0.882. The minimum absolute atomic E-state index is 0.274. The van der Waals surface area contributed by atoms with Crippen molar-refractivity contribution in [1.82, 2.24) is 10.1 Å². The third-order valence-corrected chi connectivity index (χ3v) is 2.94. The van der Waals surface area contributed by atoms with E-state index < -0.39 is 0 Å². The molecule has 0 saturated heterocycles. The van der Waals surface area contributed by atoms with Crippen molar-refractivity contribution < 1.29 is 9.63 Å². The summed E-state index contributed by atoms with van der Waals surface area (Å²) < 4.78 is 5.23. The summed E-state index contributed by atoms with van der Waals surface area (Å²) in [6, 6.07) is 5.25. The lowest BCUT2D eigenvalue weighted by Crippen LogP contribution is -1.93. The zero-order valence-corrected chi connectivity index (χ0v) is 10.3. The van der Waals surface area contributed by atoms with Crippen molar-refractivity contribution in [2.45, 2.75) is 33.1 Å². The van der Waals surface area contributed by atoms with E-state index in [4.69, 9.17) is 4.52 Å². The van der Waals surface area contributed by atoms with E-state index >= 15 is 0 Å². The van der Waals surface area contributed by atoms with Crippen LogP contribution in [0.1, 0.15) is 37.6 Å². The van der Waals surface area contributed by atoms with Crippen molar-refractivity contribution in [3.05, 3.63) is 29.6 Å². The van der Waals surface area contributed by atoms with Crippen LogP contribution in [0.3, 0.4) is 0 Å². The maximum Gasteiger partial charge on any atom is 0.257 e. The Morgan fingerprint density at radius 1 is 1.41 bits per heavy atom. The Morgan fingerprint density at radius 2 is 2.18 bits per heavy atom. The summed E-state index contributed by atoms with van der Waals surface area (Å²) in [6.07, 6.45) is 0.980. The number of phenols is 1. The molecular weight excluding hydrogens is 216 g/mol. The standard InChI is InChI=1S/C13H16N2O2/c1-4-8(2)12-14-13(17-15-12)10-5-6-11(16)9(3)7-10/h5-8,16H,4H2,1-3H3. The summed E-state index contributed by atoms with van der Waals surface area (Å²) in [4.78, 5) is 4.36. The second-order valence-corrected chi connectivity index (χ2v) is 4.27. The maximum atomic E-state index is 9.46. The smallest absolute Gasteiger partial charge is 0.257 e. The predicted molar refractivity (Wildman–Crippen MR) is 64.8 cm³/mol. The average molecular weight is 232 g/mol. The van der Waals surface area contributed by atoms with Crippen molar-refractivity contribution in [2.75, 3.05) is 0 Å². The topological polar surface area (TPSA) is 59.2 Å². The first-order chi connectivity index (χ1) is 8.11. The normalized spacial score (nSPS) is 12.6. The monoisotopic (exact) mass is 232 g/mol. The lowest BCUT2D eigenvalue weighted by molar-refractivity contribution is 0.416. The Labute approximate surface area is 100 Å². The number of nitrogens with zero attached hydrogens (tertiary/aromatic N) is 2. The average Bonchev–Trinajstić information content (AvgIpc) is 2.81. The van der Waals surface area contributed by atoms with Crippen LogP contribution in [0.4, 0.5) is 0 Å². The van der Waals surface area contributed by atoms with Crippen molar-refractivity contribution in [3.63, 3.8) is 0 Å². The van der Waals surface area contributed by atoms with Gasteiger partial charge in [-0.2, -0.15) is 4.98 Å². The molecule has 0 aliphatic heterocycles. The van der Waals surface area contributed by atoms with E-state index in [1.807, 2.05) is 13.0 Å². The Balaban J connectivity index is 2.33. The van der Waals surface area contributed by atoms with Crippen LogP contribution in [0.2, 0.25) is 0 Å². The van der Waals surface area contributed by atoms with Gasteiger partial charge in [0.05, 0.1) is 0 Å². The molecule has 17 heavy (non-hydrogen) atoms. The molecule has 0 spiro atoms. The molecule has 0 aliphatic carbocycles. The molecule has 1 heterocycles. The SMILES string of the molecule is CCC(C)c1noc(-c2ccc(O)c(C)c2)n1. The molecule has 4 nitrogen and oxygen atoms in total. The van der Waals surface area contributed by atoms with Crippen LogP contribution in [0.15, 0.2) is 22.7 Å². The van der Waals surface area contributed by atoms with E-state index in [1.165, 1.54) is 0 Å². The molecule has 0 amide bonds. The third kappa shape index (κ3) is 2.30. The second kappa shape index (κ2) is 4.57. The van der Waals surface area contributed by atoms with Gasteiger partial charge >= 0.3 is 0 Å². The molecular formula is C13H16N2O2. The number of hydrogen-bond acceptors (Lipinski definition) is 4. The minimum atomic E-state index is 0.274. The highest BCUT2D eigenvalue weighted by molar-refractivity contribution is 5.56. The van der Waals surface area contributed by atoms with Crippen LogP contribution < -0.4 is 0 Å². The molecule has 1 N–H and O–H groups in total. The number of rotatable bonds is 3. The summed E-state index contributed by atoms with van der Waals surface area (Å²) in [5.41, 5.74) is 1.63. The lowest BCUT2D eigenvalue weighted by Gasteiger charge is -2.00. The second-order valence-electron chi connectivity index (χ2n) is 4.27. The fourth-order valence-corrected chi connectivity index (χ4v) is 1.52. The molecule has 4 heteroatoms. The number of hydrogen-bond donors (Lipinski definition) is 1. The molecule has 0 fully saturated rings. The molecule has 90 valence electrons. The van der Waals surface area contributed by atoms with Crippen LogP contribution >= 0.6 is 0 Å². The minimum Gasteiger partial charge on any atom is -0.508 e. The lowest BCUT2D eigenvalue weighted by atomic mass is 10.1. The van der Waals surface area contributed by atoms with E-state index in [2.05, 4.69) is 24.0 Å². The van der Waals surface area contributed by atoms with Crippen LogP contribution in [0, 0.1) is 6.92 Å². The van der Waals surface area contributed by atoms with Crippen molar-refractivity contribution in [2.24, 2.45) is 0 Å². The first kappa shape index (κ1) is 11.6. The van der Waals surface area contributed by atoms with Gasteiger partial charge < -0.3 is 9.63 Å². The zero-order valence-electron chi connectivity index (χ0n) is 10.3. The van der Waals surface area contributed by atoms with Gasteiger partial charge in [-0.3, -0.25) is 0 Å². The van der Waals surface area contributed by atoms with Gasteiger partial charge in [0.25, 0.3) is 5.89 Å². The van der Waals surface area contributed by atoms with E-state index in [9.17, 15) is 5.11 Å². The highest BCUT2D eigenvalue weighted by Gasteiger charge is 2.13. The summed E-state index contributed by atoms with van der Waals surface area (Å²) in [6.45, 7) is 5.99. The highest BCUT2D eigenvalue weighted by Crippen LogP contribution is 2.25. The number of aromatic nitrogens is 2. The largest absolute Gasteiger partial charge is 0.508 e. The Kier molecular flexibility index (Phi) is 3.13. The van der Waals surface area contributed by atoms with E-state index in [0.717, 1.165) is 23.4 Å². The summed E-state index contributed by atoms with van der Waals surface area (Å²) in [5, 5.41) is 13.4. The number of aryl methyl sites for hydroxylation is 1. The fraction of sp³-hybridized carbons (Fsp3) is 0.385. The van der Waals surface area contributed by atoms with Gasteiger partial charge in [0, 0.05) is 11.5 Å². The van der Waals surface area contributed by atoms with Gasteiger partial charge in [0.1, 0.15) is 5.75 Å². The van der Waals surface area contributed by atoms with Gasteiger partial charge in [-0.25, -0.2) is 0 Å². The Bertz CT molecular complexity index is 520. The molecule has 2 rings (SSSR count). The first-order valence-corrected chi connectivity index (χ1v) is 5.75. The summed E-state index contributed by atoms with van der Waals surface area (Å²) >= 11 is 0. The summed E-state index contributed by atoms with van der Waals surface area (Å²) in [5.74, 6) is 1.80. The molecule has 0 bridgehead atoms. The van der Waals surface area contributed by atoms with Crippen LogP contribution in [-0.4, -0.2) is 15.2 Å².